The fraction of sp³-hybridized carbons (Fsp3) is 0.222. The van der Waals surface area contributed by atoms with Gasteiger partial charge in [0.1, 0.15) is 5.75 Å². The summed E-state index contributed by atoms with van der Waals surface area (Å²) < 4.78 is 6.84. The van der Waals surface area contributed by atoms with Crippen molar-refractivity contribution in [3.63, 3.8) is 0 Å². The number of hydrogen-bond donors (Lipinski definition) is 2. The van der Waals surface area contributed by atoms with E-state index < -0.39 is 5.97 Å². The van der Waals surface area contributed by atoms with E-state index >= 15 is 0 Å². The van der Waals surface area contributed by atoms with Crippen molar-refractivity contribution in [2.24, 2.45) is 0 Å². The molecule has 0 aliphatic carbocycles. The molecule has 2 N–H and O–H groups in total. The first-order valence-electron chi connectivity index (χ1n) is 7.83. The standard InChI is InChI=1S/C18H16ClNO5S/c1-3-25-17-4-10(8-26-17)18(24)20-9(2)11(6-16(22)23)12-5-15(21)13(19)7-14(12)20/h4-5,7-8,21H,3,6H2,1-2H3,(H,22,23). The molecule has 0 atom stereocenters. The lowest BCUT2D eigenvalue weighted by atomic mass is 10.1. The van der Waals surface area contributed by atoms with E-state index in [-0.39, 0.29) is 23.1 Å². The molecule has 0 unspecified atom stereocenters. The number of fused-ring (bicyclic) bond motifs is 1. The van der Waals surface area contributed by atoms with Crippen molar-refractivity contribution in [2.45, 2.75) is 20.3 Å². The summed E-state index contributed by atoms with van der Waals surface area (Å²) in [6.07, 6.45) is -0.266. The predicted molar refractivity (Wildman–Crippen MR) is 99.9 cm³/mol. The summed E-state index contributed by atoms with van der Waals surface area (Å²) in [4.78, 5) is 24.3. The Kier molecular flexibility index (Phi) is 4.93. The first-order chi connectivity index (χ1) is 12.3. The predicted octanol–water partition coefficient (Wildman–Crippen LogP) is 4.08. The van der Waals surface area contributed by atoms with E-state index in [0.29, 0.717) is 39.4 Å². The number of benzene rings is 1. The van der Waals surface area contributed by atoms with Crippen molar-refractivity contribution in [2.75, 3.05) is 6.61 Å². The average Bonchev–Trinajstić information content (AvgIpc) is 3.13. The maximum atomic E-state index is 13.1. The molecule has 136 valence electrons. The Morgan fingerprint density at radius 1 is 1.31 bits per heavy atom. The van der Waals surface area contributed by atoms with E-state index in [9.17, 15) is 19.8 Å². The molecule has 0 fully saturated rings. The number of nitrogens with zero attached hydrogens (tertiary/aromatic N) is 1. The SMILES string of the molecule is CCOc1cc(C(=O)n2c(C)c(CC(=O)O)c3cc(O)c(Cl)cc32)cs1. The monoisotopic (exact) mass is 393 g/mol. The van der Waals surface area contributed by atoms with Gasteiger partial charge in [-0.25, -0.2) is 0 Å². The van der Waals surface area contributed by atoms with E-state index in [2.05, 4.69) is 0 Å². The van der Waals surface area contributed by atoms with Crippen molar-refractivity contribution in [3.05, 3.63) is 45.4 Å². The van der Waals surface area contributed by atoms with Crippen LogP contribution in [0.5, 0.6) is 10.8 Å². The van der Waals surface area contributed by atoms with Gasteiger partial charge in [-0.3, -0.25) is 14.2 Å². The van der Waals surface area contributed by atoms with Crippen LogP contribution < -0.4 is 4.74 Å². The number of ether oxygens (including phenoxy) is 1. The molecule has 0 saturated heterocycles. The molecule has 0 aliphatic heterocycles. The lowest BCUT2D eigenvalue weighted by molar-refractivity contribution is -0.136. The molecule has 6 nitrogen and oxygen atoms in total. The number of carbonyl (C=O) groups is 2. The zero-order valence-corrected chi connectivity index (χ0v) is 15.6. The van der Waals surface area contributed by atoms with Crippen LogP contribution in [-0.2, 0) is 11.2 Å². The van der Waals surface area contributed by atoms with Crippen LogP contribution in [0.1, 0.15) is 28.5 Å². The molecular weight excluding hydrogens is 378 g/mol. The summed E-state index contributed by atoms with van der Waals surface area (Å²) >= 11 is 7.33. The molecule has 3 rings (SSSR count). The Morgan fingerprint density at radius 2 is 2.04 bits per heavy atom. The molecule has 0 saturated carbocycles. The lowest BCUT2D eigenvalue weighted by Crippen LogP contribution is -2.13. The zero-order valence-electron chi connectivity index (χ0n) is 14.1. The Hall–Kier alpha value is -2.51. The van der Waals surface area contributed by atoms with Gasteiger partial charge in [0.05, 0.1) is 29.1 Å². The molecule has 0 radical (unpaired) electrons. The number of halogens is 1. The van der Waals surface area contributed by atoms with Crippen LogP contribution in [0, 0.1) is 6.92 Å². The smallest absolute Gasteiger partial charge is 0.307 e. The van der Waals surface area contributed by atoms with Crippen molar-refractivity contribution < 1.29 is 24.5 Å². The fourth-order valence-corrected chi connectivity index (χ4v) is 3.85. The average molecular weight is 394 g/mol. The topological polar surface area (TPSA) is 88.8 Å². The minimum atomic E-state index is -1.02. The summed E-state index contributed by atoms with van der Waals surface area (Å²) in [5.74, 6) is -1.50. The molecule has 2 heterocycles. The highest BCUT2D eigenvalue weighted by Crippen LogP contribution is 2.35. The van der Waals surface area contributed by atoms with Gasteiger partial charge in [0, 0.05) is 22.5 Å². The second-order valence-corrected chi connectivity index (χ2v) is 6.96. The number of carbonyl (C=O) groups excluding carboxylic acids is 1. The van der Waals surface area contributed by atoms with Crippen molar-refractivity contribution in [1.82, 2.24) is 4.57 Å². The molecule has 0 aliphatic rings. The summed E-state index contributed by atoms with van der Waals surface area (Å²) in [7, 11) is 0. The Labute approximate surface area is 158 Å². The second kappa shape index (κ2) is 7.01. The van der Waals surface area contributed by atoms with Gasteiger partial charge in [-0.05, 0) is 31.5 Å². The van der Waals surface area contributed by atoms with E-state index in [4.69, 9.17) is 16.3 Å². The highest BCUT2D eigenvalue weighted by atomic mass is 35.5. The number of carboxylic acids is 1. The van der Waals surface area contributed by atoms with E-state index in [1.807, 2.05) is 6.92 Å². The Balaban J connectivity index is 2.20. The number of aromatic nitrogens is 1. The van der Waals surface area contributed by atoms with Gasteiger partial charge < -0.3 is 14.9 Å². The zero-order chi connectivity index (χ0) is 19.0. The molecule has 8 heteroatoms. The fourth-order valence-electron chi connectivity index (χ4n) is 2.90. The minimum absolute atomic E-state index is 0.0891. The Bertz CT molecular complexity index is 1020. The summed E-state index contributed by atoms with van der Waals surface area (Å²) in [5.41, 5.74) is 1.85. The van der Waals surface area contributed by atoms with Crippen LogP contribution in [0.4, 0.5) is 0 Å². The molecule has 0 bridgehead atoms. The van der Waals surface area contributed by atoms with Crippen molar-refractivity contribution in [1.29, 1.82) is 0 Å². The van der Waals surface area contributed by atoms with Crippen molar-refractivity contribution in [3.8, 4) is 10.8 Å². The molecule has 3 aromatic rings. The maximum Gasteiger partial charge on any atom is 0.307 e. The number of phenols is 1. The second-order valence-electron chi connectivity index (χ2n) is 5.68. The van der Waals surface area contributed by atoms with Crippen LogP contribution in [0.25, 0.3) is 10.9 Å². The van der Waals surface area contributed by atoms with Crippen LogP contribution in [0.15, 0.2) is 23.6 Å². The third kappa shape index (κ3) is 3.15. The van der Waals surface area contributed by atoms with E-state index in [1.165, 1.54) is 28.0 Å². The van der Waals surface area contributed by atoms with Gasteiger partial charge >= 0.3 is 5.97 Å². The third-order valence-electron chi connectivity index (χ3n) is 4.04. The largest absolute Gasteiger partial charge is 0.506 e. The van der Waals surface area contributed by atoms with Crippen LogP contribution in [0.2, 0.25) is 5.02 Å². The number of aromatic hydroxyl groups is 1. The van der Waals surface area contributed by atoms with Gasteiger partial charge in [-0.2, -0.15) is 0 Å². The third-order valence-corrected chi connectivity index (χ3v) is 5.19. The molecule has 0 spiro atoms. The first-order valence-corrected chi connectivity index (χ1v) is 9.09. The quantitative estimate of drug-likeness (QED) is 0.681. The summed E-state index contributed by atoms with van der Waals surface area (Å²) in [6.45, 7) is 4.03. The number of rotatable bonds is 5. The van der Waals surface area contributed by atoms with Crippen LogP contribution >= 0.6 is 22.9 Å². The van der Waals surface area contributed by atoms with Gasteiger partial charge in [0.2, 0.25) is 0 Å². The number of aliphatic carboxylic acids is 1. The molecule has 0 amide bonds. The van der Waals surface area contributed by atoms with Gasteiger partial charge in [0.15, 0.2) is 5.06 Å². The number of carboxylic acid groups (broad SMARTS) is 1. The van der Waals surface area contributed by atoms with Gasteiger partial charge in [-0.1, -0.05) is 11.6 Å². The lowest BCUT2D eigenvalue weighted by Gasteiger charge is -2.06. The van der Waals surface area contributed by atoms with E-state index in [0.717, 1.165) is 0 Å². The van der Waals surface area contributed by atoms with E-state index in [1.54, 1.807) is 18.4 Å². The van der Waals surface area contributed by atoms with Crippen LogP contribution in [0.3, 0.4) is 0 Å². The summed E-state index contributed by atoms with van der Waals surface area (Å²) in [6, 6.07) is 4.52. The minimum Gasteiger partial charge on any atom is -0.506 e. The number of hydrogen-bond acceptors (Lipinski definition) is 5. The highest BCUT2D eigenvalue weighted by Gasteiger charge is 2.23. The number of thiophene rings is 1. The molecule has 1 aromatic carbocycles. The van der Waals surface area contributed by atoms with Gasteiger partial charge in [0.25, 0.3) is 5.91 Å². The molecule has 26 heavy (non-hydrogen) atoms. The number of phenolic OH excluding ortho intramolecular Hbond substituents is 1. The normalized spacial score (nSPS) is 11.0. The first kappa shape index (κ1) is 18.3. The highest BCUT2D eigenvalue weighted by molar-refractivity contribution is 7.12. The maximum absolute atomic E-state index is 13.1. The van der Waals surface area contributed by atoms with Gasteiger partial charge in [-0.15, -0.1) is 11.3 Å². The summed E-state index contributed by atoms with van der Waals surface area (Å²) in [5, 5.41) is 22.0. The Morgan fingerprint density at radius 3 is 2.69 bits per heavy atom. The molecule has 2 aromatic heterocycles. The van der Waals surface area contributed by atoms with Crippen molar-refractivity contribution >= 4 is 45.7 Å². The van der Waals surface area contributed by atoms with Crippen LogP contribution in [-0.4, -0.2) is 33.3 Å². The molecular formula is C18H16ClNO5S.